The molecule has 7 nitrogen and oxygen atoms in total. The van der Waals surface area contributed by atoms with Crippen LogP contribution in [0.4, 0.5) is 0 Å². The Morgan fingerprint density at radius 3 is 2.20 bits per heavy atom. The lowest BCUT2D eigenvalue weighted by molar-refractivity contribution is -0.136. The van der Waals surface area contributed by atoms with Crippen LogP contribution < -0.4 is 10.1 Å². The van der Waals surface area contributed by atoms with Gasteiger partial charge in [0.05, 0.1) is 12.7 Å². The first-order valence-electron chi connectivity index (χ1n) is 12.6. The average molecular weight is 478 g/mol. The molecule has 0 aromatic heterocycles. The van der Waals surface area contributed by atoms with E-state index in [-0.39, 0.29) is 23.6 Å². The van der Waals surface area contributed by atoms with Gasteiger partial charge < -0.3 is 19.9 Å². The van der Waals surface area contributed by atoms with E-state index in [1.807, 2.05) is 41.0 Å². The van der Waals surface area contributed by atoms with Gasteiger partial charge in [-0.2, -0.15) is 0 Å². The molecule has 2 fully saturated rings. The molecule has 0 radical (unpaired) electrons. The Hall–Kier alpha value is -3.35. The molecule has 1 atom stereocenters. The summed E-state index contributed by atoms with van der Waals surface area (Å²) in [6, 6.07) is 14.0. The Morgan fingerprint density at radius 1 is 0.886 bits per heavy atom. The molecule has 4 rings (SSSR count). The van der Waals surface area contributed by atoms with Crippen molar-refractivity contribution in [2.75, 3.05) is 33.3 Å². The zero-order chi connectivity index (χ0) is 24.8. The quantitative estimate of drug-likeness (QED) is 0.689. The smallest absolute Gasteiger partial charge is 0.257 e. The SMILES string of the molecule is COc1ccccc1C(=O)N1CCC(C(NC(=O)c2ccc(C)cc2)C(=O)N2CCCCC2)CC1. The molecule has 2 aromatic rings. The van der Waals surface area contributed by atoms with E-state index in [9.17, 15) is 14.4 Å². The Morgan fingerprint density at radius 2 is 1.54 bits per heavy atom. The fraction of sp³-hybridized carbons (Fsp3) is 0.464. The number of methoxy groups -OCH3 is 1. The van der Waals surface area contributed by atoms with Crippen molar-refractivity contribution in [2.45, 2.75) is 45.1 Å². The van der Waals surface area contributed by atoms with Gasteiger partial charge in [0, 0.05) is 31.7 Å². The van der Waals surface area contributed by atoms with Crippen molar-refractivity contribution in [2.24, 2.45) is 5.92 Å². The minimum Gasteiger partial charge on any atom is -0.496 e. The number of nitrogens with zero attached hydrogens (tertiary/aromatic N) is 2. The molecule has 3 amide bonds. The Kier molecular flexibility index (Phi) is 8.06. The second kappa shape index (κ2) is 11.4. The van der Waals surface area contributed by atoms with Gasteiger partial charge in [-0.1, -0.05) is 29.8 Å². The number of hydrogen-bond donors (Lipinski definition) is 1. The van der Waals surface area contributed by atoms with Crippen LogP contribution in [0, 0.1) is 12.8 Å². The zero-order valence-electron chi connectivity index (χ0n) is 20.7. The van der Waals surface area contributed by atoms with E-state index in [1.54, 1.807) is 31.4 Å². The molecule has 7 heteroatoms. The zero-order valence-corrected chi connectivity index (χ0v) is 20.7. The van der Waals surface area contributed by atoms with Crippen LogP contribution in [-0.2, 0) is 4.79 Å². The fourth-order valence-electron chi connectivity index (χ4n) is 5.05. The van der Waals surface area contributed by atoms with Crippen molar-refractivity contribution in [3.05, 3.63) is 65.2 Å². The van der Waals surface area contributed by atoms with Crippen molar-refractivity contribution in [3.8, 4) is 5.75 Å². The molecule has 2 saturated heterocycles. The second-order valence-electron chi connectivity index (χ2n) is 9.53. The number of amides is 3. The summed E-state index contributed by atoms with van der Waals surface area (Å²) in [5, 5.41) is 3.06. The van der Waals surface area contributed by atoms with Gasteiger partial charge in [-0.25, -0.2) is 0 Å². The molecule has 0 spiro atoms. The third-order valence-corrected chi connectivity index (χ3v) is 7.17. The Bertz CT molecular complexity index is 1040. The maximum atomic E-state index is 13.6. The Labute approximate surface area is 207 Å². The minimum absolute atomic E-state index is 0.000308. The molecule has 0 bridgehead atoms. The number of carbonyl (C=O) groups is 3. The van der Waals surface area contributed by atoms with Crippen molar-refractivity contribution < 1.29 is 19.1 Å². The number of aryl methyl sites for hydroxylation is 1. The van der Waals surface area contributed by atoms with Gasteiger partial charge in [-0.05, 0) is 69.2 Å². The van der Waals surface area contributed by atoms with E-state index in [4.69, 9.17) is 4.74 Å². The third kappa shape index (κ3) is 5.84. The highest BCUT2D eigenvalue weighted by Gasteiger charge is 2.37. The lowest BCUT2D eigenvalue weighted by Gasteiger charge is -2.38. The molecule has 2 aromatic carbocycles. The van der Waals surface area contributed by atoms with Crippen LogP contribution in [0.1, 0.15) is 58.4 Å². The highest BCUT2D eigenvalue weighted by Crippen LogP contribution is 2.27. The highest BCUT2D eigenvalue weighted by atomic mass is 16.5. The monoisotopic (exact) mass is 477 g/mol. The van der Waals surface area contributed by atoms with E-state index >= 15 is 0 Å². The van der Waals surface area contributed by atoms with Gasteiger partial charge in [-0.3, -0.25) is 14.4 Å². The van der Waals surface area contributed by atoms with Crippen molar-refractivity contribution >= 4 is 17.7 Å². The second-order valence-corrected chi connectivity index (χ2v) is 9.53. The predicted molar refractivity (Wildman–Crippen MR) is 134 cm³/mol. The van der Waals surface area contributed by atoms with Crippen LogP contribution in [-0.4, -0.2) is 66.9 Å². The van der Waals surface area contributed by atoms with Gasteiger partial charge >= 0.3 is 0 Å². The van der Waals surface area contributed by atoms with Crippen LogP contribution >= 0.6 is 0 Å². The summed E-state index contributed by atoms with van der Waals surface area (Å²) in [4.78, 5) is 43.5. The number of ether oxygens (including phenoxy) is 1. The van der Waals surface area contributed by atoms with E-state index in [0.29, 0.717) is 42.8 Å². The van der Waals surface area contributed by atoms with Crippen LogP contribution in [0.15, 0.2) is 48.5 Å². The number of rotatable bonds is 6. The lowest BCUT2D eigenvalue weighted by atomic mass is 9.87. The summed E-state index contributed by atoms with van der Waals surface area (Å²) < 4.78 is 5.36. The molecule has 0 aliphatic carbocycles. The molecule has 2 aliphatic rings. The fourth-order valence-corrected chi connectivity index (χ4v) is 5.05. The minimum atomic E-state index is -0.592. The first-order chi connectivity index (χ1) is 17.0. The maximum absolute atomic E-state index is 13.6. The molecule has 186 valence electrons. The largest absolute Gasteiger partial charge is 0.496 e. The topological polar surface area (TPSA) is 79.0 Å². The number of carbonyl (C=O) groups excluding carboxylic acids is 3. The number of hydrogen-bond acceptors (Lipinski definition) is 4. The first kappa shape index (κ1) is 24.8. The summed E-state index contributed by atoms with van der Waals surface area (Å²) in [7, 11) is 1.56. The molecule has 1 unspecified atom stereocenters. The maximum Gasteiger partial charge on any atom is 0.257 e. The van der Waals surface area contributed by atoms with Crippen LogP contribution in [0.3, 0.4) is 0 Å². The molecule has 1 N–H and O–H groups in total. The summed E-state index contributed by atoms with van der Waals surface area (Å²) in [6.07, 6.45) is 4.43. The van der Waals surface area contributed by atoms with Crippen molar-refractivity contribution in [3.63, 3.8) is 0 Å². The van der Waals surface area contributed by atoms with Gasteiger partial charge in [0.25, 0.3) is 11.8 Å². The number of likely N-dealkylation sites (tertiary alicyclic amines) is 2. The van der Waals surface area contributed by atoms with Crippen LogP contribution in [0.5, 0.6) is 5.75 Å². The Balaban J connectivity index is 1.47. The summed E-state index contributed by atoms with van der Waals surface area (Å²) >= 11 is 0. The van der Waals surface area contributed by atoms with Gasteiger partial charge in [0.15, 0.2) is 0 Å². The molecule has 2 heterocycles. The normalized spacial score (nSPS) is 17.5. The number of para-hydroxylation sites is 1. The van der Waals surface area contributed by atoms with Crippen molar-refractivity contribution in [1.29, 1.82) is 0 Å². The molecular formula is C28H35N3O4. The summed E-state index contributed by atoms with van der Waals surface area (Å²) in [5.74, 6) is 0.236. The molecule has 35 heavy (non-hydrogen) atoms. The number of benzene rings is 2. The van der Waals surface area contributed by atoms with Gasteiger partial charge in [0.1, 0.15) is 11.8 Å². The molecule has 2 aliphatic heterocycles. The molecule has 0 saturated carbocycles. The van der Waals surface area contributed by atoms with E-state index < -0.39 is 6.04 Å². The van der Waals surface area contributed by atoms with Crippen LogP contribution in [0.25, 0.3) is 0 Å². The van der Waals surface area contributed by atoms with E-state index in [2.05, 4.69) is 5.32 Å². The van der Waals surface area contributed by atoms with Gasteiger partial charge in [0.2, 0.25) is 5.91 Å². The average Bonchev–Trinajstić information content (AvgIpc) is 2.91. The predicted octanol–water partition coefficient (Wildman–Crippen LogP) is 3.67. The standard InChI is InChI=1S/C28H35N3O4/c1-20-10-12-22(13-11-20)26(32)29-25(28(34)30-16-6-3-7-17-30)21-14-18-31(19-15-21)27(33)23-8-4-5-9-24(23)35-2/h4-5,8-13,21,25H,3,6-7,14-19H2,1-2H3,(H,29,32). The van der Waals surface area contributed by atoms with Gasteiger partial charge in [-0.15, -0.1) is 0 Å². The van der Waals surface area contributed by atoms with Crippen LogP contribution in [0.2, 0.25) is 0 Å². The van der Waals surface area contributed by atoms with Crippen molar-refractivity contribution in [1.82, 2.24) is 15.1 Å². The summed E-state index contributed by atoms with van der Waals surface area (Å²) in [5.41, 5.74) is 2.17. The highest BCUT2D eigenvalue weighted by molar-refractivity contribution is 5.98. The number of piperidine rings is 2. The van der Waals surface area contributed by atoms with E-state index in [0.717, 1.165) is 37.9 Å². The first-order valence-corrected chi connectivity index (χ1v) is 12.6. The summed E-state index contributed by atoms with van der Waals surface area (Å²) in [6.45, 7) is 4.52. The number of nitrogens with one attached hydrogen (secondary N) is 1. The lowest BCUT2D eigenvalue weighted by Crippen LogP contribution is -2.55. The molecular weight excluding hydrogens is 442 g/mol. The van der Waals surface area contributed by atoms with E-state index in [1.165, 1.54) is 0 Å². The third-order valence-electron chi connectivity index (χ3n) is 7.17.